The molecule has 160 valence electrons. The molecule has 2 N–H and O–H groups in total. The van der Waals surface area contributed by atoms with Gasteiger partial charge in [0.25, 0.3) is 0 Å². The van der Waals surface area contributed by atoms with Crippen LogP contribution >= 0.6 is 15.9 Å². The van der Waals surface area contributed by atoms with Crippen LogP contribution in [0.1, 0.15) is 61.6 Å². The van der Waals surface area contributed by atoms with Crippen molar-refractivity contribution in [2.24, 2.45) is 17.3 Å². The lowest BCUT2D eigenvalue weighted by atomic mass is 9.52. The second-order valence-corrected chi connectivity index (χ2v) is 10.9. The van der Waals surface area contributed by atoms with Crippen molar-refractivity contribution in [3.63, 3.8) is 0 Å². The van der Waals surface area contributed by atoms with Gasteiger partial charge in [0.05, 0.1) is 12.7 Å². The number of rotatable bonds is 3. The number of hydrogen-bond acceptors (Lipinski definition) is 3. The molecule has 2 aromatic carbocycles. The van der Waals surface area contributed by atoms with Crippen LogP contribution in [0.2, 0.25) is 0 Å². The summed E-state index contributed by atoms with van der Waals surface area (Å²) in [4.78, 5) is 0. The first-order chi connectivity index (χ1) is 14.3. The summed E-state index contributed by atoms with van der Waals surface area (Å²) in [6, 6.07) is 12.4. The van der Waals surface area contributed by atoms with E-state index in [0.717, 1.165) is 49.4 Å². The second-order valence-electron chi connectivity index (χ2n) is 9.97. The number of phenols is 1. The van der Waals surface area contributed by atoms with E-state index >= 15 is 0 Å². The van der Waals surface area contributed by atoms with Gasteiger partial charge in [0, 0.05) is 10.9 Å². The fraction of sp³-hybridized carbons (Fsp3) is 0.538. The highest BCUT2D eigenvalue weighted by Crippen LogP contribution is 2.65. The lowest BCUT2D eigenvalue weighted by molar-refractivity contribution is -0.102. The third-order valence-corrected chi connectivity index (χ3v) is 9.22. The molecule has 2 saturated carbocycles. The van der Waals surface area contributed by atoms with Crippen LogP contribution in [0.25, 0.3) is 0 Å². The molecule has 0 bridgehead atoms. The molecule has 2 aromatic rings. The van der Waals surface area contributed by atoms with E-state index in [2.05, 4.69) is 47.1 Å². The molecule has 5 rings (SSSR count). The zero-order chi connectivity index (χ0) is 21.1. The highest BCUT2D eigenvalue weighted by atomic mass is 79.9. The number of phenolic OH excluding ortho intramolecular Hbond substituents is 1. The van der Waals surface area contributed by atoms with Crippen molar-refractivity contribution in [1.29, 1.82) is 0 Å². The molecule has 3 aliphatic carbocycles. The SMILES string of the molecule is COc1cc2c(cc1O)CCC1C2CCC2(C)C1CCC2(O)Cc1cccc(Br)c1. The predicted octanol–water partition coefficient (Wildman–Crippen LogP) is 5.99. The van der Waals surface area contributed by atoms with Gasteiger partial charge in [0.1, 0.15) is 0 Å². The van der Waals surface area contributed by atoms with E-state index in [1.807, 2.05) is 12.1 Å². The molecule has 0 saturated heterocycles. The van der Waals surface area contributed by atoms with Crippen molar-refractivity contribution in [1.82, 2.24) is 0 Å². The fourth-order valence-electron chi connectivity index (χ4n) is 7.14. The minimum Gasteiger partial charge on any atom is -0.504 e. The maximum atomic E-state index is 11.9. The largest absolute Gasteiger partial charge is 0.504 e. The Kier molecular flexibility index (Phi) is 4.94. The van der Waals surface area contributed by atoms with Gasteiger partial charge in [-0.2, -0.15) is 0 Å². The minimum atomic E-state index is -0.643. The summed E-state index contributed by atoms with van der Waals surface area (Å²) in [5.41, 5.74) is 3.17. The van der Waals surface area contributed by atoms with E-state index < -0.39 is 5.60 Å². The molecular weight excluding hydrogens is 440 g/mol. The van der Waals surface area contributed by atoms with Crippen LogP contribution < -0.4 is 4.74 Å². The Hall–Kier alpha value is -1.52. The van der Waals surface area contributed by atoms with Crippen LogP contribution in [0.3, 0.4) is 0 Å². The second kappa shape index (κ2) is 7.27. The first-order valence-electron chi connectivity index (χ1n) is 11.2. The van der Waals surface area contributed by atoms with E-state index in [9.17, 15) is 10.2 Å². The van der Waals surface area contributed by atoms with E-state index in [0.29, 0.717) is 23.5 Å². The Bertz CT molecular complexity index is 973. The molecule has 0 aromatic heterocycles. The highest BCUT2D eigenvalue weighted by Gasteiger charge is 2.61. The summed E-state index contributed by atoms with van der Waals surface area (Å²) in [6.07, 6.45) is 7.02. The molecule has 3 aliphatic rings. The van der Waals surface area contributed by atoms with E-state index in [1.54, 1.807) is 7.11 Å². The zero-order valence-electron chi connectivity index (χ0n) is 17.8. The van der Waals surface area contributed by atoms with E-state index in [-0.39, 0.29) is 11.2 Å². The molecule has 4 heteroatoms. The average Bonchev–Trinajstić information content (AvgIpc) is 2.98. The number of aryl methyl sites for hydroxylation is 1. The minimum absolute atomic E-state index is 0.0466. The lowest BCUT2D eigenvalue weighted by Gasteiger charge is -2.53. The molecule has 5 atom stereocenters. The van der Waals surface area contributed by atoms with Crippen molar-refractivity contribution < 1.29 is 14.9 Å². The van der Waals surface area contributed by atoms with E-state index in [4.69, 9.17) is 4.74 Å². The molecule has 5 unspecified atom stereocenters. The molecule has 3 nitrogen and oxygen atoms in total. The van der Waals surface area contributed by atoms with Gasteiger partial charge >= 0.3 is 0 Å². The molecule has 0 heterocycles. The van der Waals surface area contributed by atoms with Gasteiger partial charge < -0.3 is 14.9 Å². The summed E-state index contributed by atoms with van der Waals surface area (Å²) in [5.74, 6) is 2.48. The Morgan fingerprint density at radius 2 is 1.97 bits per heavy atom. The van der Waals surface area contributed by atoms with Gasteiger partial charge in [-0.1, -0.05) is 35.0 Å². The maximum Gasteiger partial charge on any atom is 0.160 e. The first kappa shape index (κ1) is 20.4. The number of aromatic hydroxyl groups is 1. The number of methoxy groups -OCH3 is 1. The van der Waals surface area contributed by atoms with Gasteiger partial charge in [0.2, 0.25) is 0 Å². The summed E-state index contributed by atoms with van der Waals surface area (Å²) in [7, 11) is 1.62. The first-order valence-corrected chi connectivity index (χ1v) is 12.0. The monoisotopic (exact) mass is 470 g/mol. The average molecular weight is 471 g/mol. The number of fused-ring (bicyclic) bond motifs is 5. The van der Waals surface area contributed by atoms with Crippen molar-refractivity contribution in [3.05, 3.63) is 57.6 Å². The summed E-state index contributed by atoms with van der Waals surface area (Å²) in [6.45, 7) is 2.35. The van der Waals surface area contributed by atoms with Crippen molar-refractivity contribution in [2.75, 3.05) is 7.11 Å². The molecule has 0 aliphatic heterocycles. The van der Waals surface area contributed by atoms with Gasteiger partial charge in [-0.05, 0) is 103 Å². The Morgan fingerprint density at radius 1 is 1.13 bits per heavy atom. The van der Waals surface area contributed by atoms with Crippen LogP contribution in [-0.2, 0) is 12.8 Å². The summed E-state index contributed by atoms with van der Waals surface area (Å²) in [5, 5.41) is 22.1. The predicted molar refractivity (Wildman–Crippen MR) is 122 cm³/mol. The smallest absolute Gasteiger partial charge is 0.160 e. The number of benzene rings is 2. The molecule has 30 heavy (non-hydrogen) atoms. The number of hydrogen-bond donors (Lipinski definition) is 2. The Morgan fingerprint density at radius 3 is 2.73 bits per heavy atom. The number of halogens is 1. The van der Waals surface area contributed by atoms with Crippen molar-refractivity contribution in [3.8, 4) is 11.5 Å². The van der Waals surface area contributed by atoms with Gasteiger partial charge in [-0.3, -0.25) is 0 Å². The third kappa shape index (κ3) is 3.02. The third-order valence-electron chi connectivity index (χ3n) is 8.73. The molecule has 2 fully saturated rings. The standard InChI is InChI=1S/C26H31BrO3/c1-25-10-8-19-20(7-6-17-13-23(28)24(30-2)14-21(17)19)22(25)9-11-26(25,29)15-16-4-3-5-18(27)12-16/h3-5,12-14,19-20,22,28-29H,6-11,15H2,1-2H3. The maximum absolute atomic E-state index is 11.9. The normalized spacial score (nSPS) is 34.7. The van der Waals surface area contributed by atoms with Crippen LogP contribution in [-0.4, -0.2) is 22.9 Å². The topological polar surface area (TPSA) is 49.7 Å². The van der Waals surface area contributed by atoms with Crippen LogP contribution in [0, 0.1) is 17.3 Å². The summed E-state index contributed by atoms with van der Waals surface area (Å²) < 4.78 is 6.49. The van der Waals surface area contributed by atoms with Gasteiger partial charge in [-0.15, -0.1) is 0 Å². The molecular formula is C26H31BrO3. The van der Waals surface area contributed by atoms with Gasteiger partial charge in [0.15, 0.2) is 11.5 Å². The molecule has 0 amide bonds. The molecule has 0 radical (unpaired) electrons. The van der Waals surface area contributed by atoms with Crippen molar-refractivity contribution in [2.45, 2.75) is 63.4 Å². The fourth-order valence-corrected chi connectivity index (χ4v) is 7.58. The highest BCUT2D eigenvalue weighted by molar-refractivity contribution is 9.10. The number of ether oxygens (including phenoxy) is 1. The van der Waals surface area contributed by atoms with Crippen LogP contribution in [0.5, 0.6) is 11.5 Å². The lowest BCUT2D eigenvalue weighted by Crippen LogP contribution is -2.51. The van der Waals surface area contributed by atoms with Crippen molar-refractivity contribution >= 4 is 15.9 Å². The van der Waals surface area contributed by atoms with Crippen LogP contribution in [0.15, 0.2) is 40.9 Å². The quantitative estimate of drug-likeness (QED) is 0.578. The summed E-state index contributed by atoms with van der Waals surface area (Å²) >= 11 is 3.58. The Labute approximate surface area is 187 Å². The van der Waals surface area contributed by atoms with Gasteiger partial charge in [-0.25, -0.2) is 0 Å². The van der Waals surface area contributed by atoms with Crippen LogP contribution in [0.4, 0.5) is 0 Å². The Balaban J connectivity index is 1.45. The zero-order valence-corrected chi connectivity index (χ0v) is 19.4. The molecule has 0 spiro atoms. The number of aliphatic hydroxyl groups is 1. The van der Waals surface area contributed by atoms with E-state index in [1.165, 1.54) is 16.7 Å².